The van der Waals surface area contributed by atoms with E-state index in [4.69, 9.17) is 23.2 Å². The fraction of sp³-hybridized carbons (Fsp3) is 0.0455. The van der Waals surface area contributed by atoms with Crippen molar-refractivity contribution >= 4 is 46.7 Å². The maximum Gasteiger partial charge on any atom is 0.281 e. The molecule has 0 saturated heterocycles. The second-order valence-corrected chi connectivity index (χ2v) is 8.62. The van der Waals surface area contributed by atoms with Crippen molar-refractivity contribution in [1.29, 1.82) is 0 Å². The third-order valence-corrected chi connectivity index (χ3v) is 5.97. The number of thiophene rings is 1. The Hall–Kier alpha value is -3.00. The smallest absolute Gasteiger partial charge is 0.267 e. The largest absolute Gasteiger partial charge is 0.281 e. The standard InChI is InChI=1S/C22H15Cl2FN4OS/c23-17-7-4-8-18(25)16(17)13-29-12-15(21(28-29)14-5-2-1-3-6-14)11-26-27-22(30)19-9-10-20(24)31-19/h1-12H,13H2,(H,27,30)/b26-11-. The molecular weight excluding hydrogens is 458 g/mol. The Labute approximate surface area is 191 Å². The Morgan fingerprint density at radius 1 is 1.13 bits per heavy atom. The van der Waals surface area contributed by atoms with Gasteiger partial charge in [0.15, 0.2) is 0 Å². The van der Waals surface area contributed by atoms with Gasteiger partial charge < -0.3 is 0 Å². The van der Waals surface area contributed by atoms with Gasteiger partial charge in [0.1, 0.15) is 11.5 Å². The molecule has 0 bridgehead atoms. The molecule has 31 heavy (non-hydrogen) atoms. The Morgan fingerprint density at radius 2 is 1.94 bits per heavy atom. The molecule has 0 fully saturated rings. The van der Waals surface area contributed by atoms with Crippen molar-refractivity contribution < 1.29 is 9.18 Å². The van der Waals surface area contributed by atoms with Gasteiger partial charge in [-0.15, -0.1) is 11.3 Å². The second-order valence-electron chi connectivity index (χ2n) is 6.50. The van der Waals surface area contributed by atoms with Crippen molar-refractivity contribution in [1.82, 2.24) is 15.2 Å². The van der Waals surface area contributed by atoms with Gasteiger partial charge >= 0.3 is 0 Å². The maximum absolute atomic E-state index is 14.2. The van der Waals surface area contributed by atoms with E-state index in [0.29, 0.717) is 31.1 Å². The molecule has 0 spiro atoms. The highest BCUT2D eigenvalue weighted by atomic mass is 35.5. The first-order valence-corrected chi connectivity index (χ1v) is 10.7. The molecule has 2 aromatic heterocycles. The van der Waals surface area contributed by atoms with Gasteiger partial charge in [0.2, 0.25) is 0 Å². The summed E-state index contributed by atoms with van der Waals surface area (Å²) in [7, 11) is 0. The lowest BCUT2D eigenvalue weighted by Crippen LogP contribution is -2.16. The zero-order chi connectivity index (χ0) is 21.8. The molecule has 4 rings (SSSR count). The molecule has 5 nitrogen and oxygen atoms in total. The molecule has 1 N–H and O–H groups in total. The fourth-order valence-corrected chi connectivity index (χ4v) is 4.09. The van der Waals surface area contributed by atoms with Crippen LogP contribution in [-0.4, -0.2) is 21.9 Å². The molecule has 9 heteroatoms. The molecule has 1 amide bonds. The van der Waals surface area contributed by atoms with Crippen molar-refractivity contribution in [2.45, 2.75) is 6.54 Å². The zero-order valence-electron chi connectivity index (χ0n) is 15.9. The molecule has 4 aromatic rings. The second kappa shape index (κ2) is 9.43. The number of carbonyl (C=O) groups is 1. The lowest BCUT2D eigenvalue weighted by molar-refractivity contribution is 0.0959. The first-order valence-electron chi connectivity index (χ1n) is 9.16. The van der Waals surface area contributed by atoms with Gasteiger partial charge in [0.05, 0.1) is 22.0 Å². The van der Waals surface area contributed by atoms with Gasteiger partial charge in [0.25, 0.3) is 5.91 Å². The van der Waals surface area contributed by atoms with E-state index in [1.54, 1.807) is 35.1 Å². The summed E-state index contributed by atoms with van der Waals surface area (Å²) in [6.07, 6.45) is 3.23. The minimum absolute atomic E-state index is 0.152. The molecule has 156 valence electrons. The summed E-state index contributed by atoms with van der Waals surface area (Å²) >= 11 is 13.2. The number of rotatable bonds is 6. The van der Waals surface area contributed by atoms with Crippen LogP contribution in [0, 0.1) is 5.82 Å². The number of benzene rings is 2. The number of aromatic nitrogens is 2. The van der Waals surface area contributed by atoms with Crippen LogP contribution in [0.5, 0.6) is 0 Å². The minimum atomic E-state index is -0.402. The van der Waals surface area contributed by atoms with Crippen LogP contribution in [0.2, 0.25) is 9.36 Å². The van der Waals surface area contributed by atoms with Crippen LogP contribution in [-0.2, 0) is 6.54 Å². The SMILES string of the molecule is O=C(N/N=C\c1cn(Cc2c(F)cccc2Cl)nc1-c1ccccc1)c1ccc(Cl)s1. The van der Waals surface area contributed by atoms with E-state index in [1.807, 2.05) is 30.3 Å². The van der Waals surface area contributed by atoms with Crippen molar-refractivity contribution in [3.63, 3.8) is 0 Å². The molecule has 0 radical (unpaired) electrons. The summed E-state index contributed by atoms with van der Waals surface area (Å²) in [5, 5.41) is 8.97. The third kappa shape index (κ3) is 5.02. The van der Waals surface area contributed by atoms with Crippen molar-refractivity contribution in [2.75, 3.05) is 0 Å². The summed E-state index contributed by atoms with van der Waals surface area (Å²) in [6.45, 7) is 0.152. The lowest BCUT2D eigenvalue weighted by Gasteiger charge is -2.05. The number of nitrogens with zero attached hydrogens (tertiary/aromatic N) is 3. The Kier molecular flexibility index (Phi) is 6.46. The summed E-state index contributed by atoms with van der Waals surface area (Å²) < 4.78 is 16.3. The van der Waals surface area contributed by atoms with E-state index in [9.17, 15) is 9.18 Å². The molecule has 0 aliphatic rings. The Balaban J connectivity index is 1.62. The minimum Gasteiger partial charge on any atom is -0.267 e. The number of nitrogens with one attached hydrogen (secondary N) is 1. The first-order chi connectivity index (χ1) is 15.0. The van der Waals surface area contributed by atoms with Crippen LogP contribution in [0.4, 0.5) is 4.39 Å². The summed E-state index contributed by atoms with van der Waals surface area (Å²) in [4.78, 5) is 12.6. The highest BCUT2D eigenvalue weighted by Gasteiger charge is 2.14. The number of hydrazone groups is 1. The monoisotopic (exact) mass is 472 g/mol. The molecule has 0 atom stereocenters. The Bertz CT molecular complexity index is 1230. The van der Waals surface area contributed by atoms with Crippen molar-refractivity contribution in [3.05, 3.63) is 98.0 Å². The normalized spacial score (nSPS) is 11.2. The van der Waals surface area contributed by atoms with Crippen LogP contribution in [0.25, 0.3) is 11.3 Å². The topological polar surface area (TPSA) is 59.3 Å². The van der Waals surface area contributed by atoms with E-state index in [0.717, 1.165) is 5.56 Å². The van der Waals surface area contributed by atoms with Gasteiger partial charge in [-0.3, -0.25) is 9.48 Å². The number of hydrogen-bond acceptors (Lipinski definition) is 4. The average molecular weight is 473 g/mol. The predicted molar refractivity (Wildman–Crippen MR) is 123 cm³/mol. The average Bonchev–Trinajstić information content (AvgIpc) is 3.38. The number of carbonyl (C=O) groups excluding carboxylic acids is 1. The molecule has 0 aliphatic carbocycles. The quantitative estimate of drug-likeness (QED) is 0.281. The highest BCUT2D eigenvalue weighted by Crippen LogP contribution is 2.24. The molecule has 0 unspecified atom stereocenters. The number of halogens is 3. The molecule has 2 aromatic carbocycles. The molecular formula is C22H15Cl2FN4OS. The summed E-state index contributed by atoms with van der Waals surface area (Å²) in [5.74, 6) is -0.763. The summed E-state index contributed by atoms with van der Waals surface area (Å²) in [6, 6.07) is 17.3. The molecule has 2 heterocycles. The van der Waals surface area contributed by atoms with Crippen LogP contribution >= 0.6 is 34.5 Å². The molecule has 0 aliphatic heterocycles. The highest BCUT2D eigenvalue weighted by molar-refractivity contribution is 7.17. The van der Waals surface area contributed by atoms with E-state index in [2.05, 4.69) is 15.6 Å². The van der Waals surface area contributed by atoms with Gasteiger partial charge in [-0.1, -0.05) is 59.6 Å². The molecule has 0 saturated carbocycles. The van der Waals surface area contributed by atoms with Crippen molar-refractivity contribution in [3.8, 4) is 11.3 Å². The van der Waals surface area contributed by atoms with E-state index in [1.165, 1.54) is 23.6 Å². The fourth-order valence-electron chi connectivity index (χ4n) is 2.93. The van der Waals surface area contributed by atoms with Crippen LogP contribution in [0.15, 0.2) is 72.0 Å². The van der Waals surface area contributed by atoms with Crippen molar-refractivity contribution in [2.24, 2.45) is 5.10 Å². The maximum atomic E-state index is 14.2. The van der Waals surface area contributed by atoms with E-state index < -0.39 is 5.82 Å². The number of amides is 1. The van der Waals surface area contributed by atoms with E-state index >= 15 is 0 Å². The zero-order valence-corrected chi connectivity index (χ0v) is 18.3. The Morgan fingerprint density at radius 3 is 2.65 bits per heavy atom. The third-order valence-electron chi connectivity index (χ3n) is 4.39. The van der Waals surface area contributed by atoms with E-state index in [-0.39, 0.29) is 12.5 Å². The first kappa shape index (κ1) is 21.2. The van der Waals surface area contributed by atoms with Gasteiger partial charge in [0, 0.05) is 27.9 Å². The number of hydrogen-bond donors (Lipinski definition) is 1. The summed E-state index contributed by atoms with van der Waals surface area (Å²) in [5.41, 5.74) is 4.99. The van der Waals surface area contributed by atoms with Gasteiger partial charge in [-0.2, -0.15) is 10.2 Å². The van der Waals surface area contributed by atoms with Crippen LogP contribution < -0.4 is 5.43 Å². The predicted octanol–water partition coefficient (Wildman–Crippen LogP) is 5.87. The van der Waals surface area contributed by atoms with Gasteiger partial charge in [-0.05, 0) is 24.3 Å². The lowest BCUT2D eigenvalue weighted by atomic mass is 10.1. The van der Waals surface area contributed by atoms with Gasteiger partial charge in [-0.25, -0.2) is 9.82 Å². The van der Waals surface area contributed by atoms with Crippen LogP contribution in [0.1, 0.15) is 20.8 Å². The van der Waals surface area contributed by atoms with Crippen LogP contribution in [0.3, 0.4) is 0 Å².